The van der Waals surface area contributed by atoms with Crippen molar-refractivity contribution < 1.29 is 27.6 Å². The first-order valence-corrected chi connectivity index (χ1v) is 15.8. The zero-order chi connectivity index (χ0) is 29.8. The van der Waals surface area contributed by atoms with Crippen LogP contribution < -0.4 is 15.0 Å². The molecule has 0 radical (unpaired) electrons. The number of methoxy groups -OCH3 is 1. The molecular weight excluding hydrogens is 621 g/mol. The number of hydrogen-bond acceptors (Lipinski definition) is 9. The van der Waals surface area contributed by atoms with Crippen molar-refractivity contribution >= 4 is 55.9 Å². The summed E-state index contributed by atoms with van der Waals surface area (Å²) in [6.07, 6.45) is 5.96. The summed E-state index contributed by atoms with van der Waals surface area (Å²) in [6.45, 7) is -2.46. The number of hydrogen-bond donors (Lipinski definition) is 1. The number of esters is 1. The van der Waals surface area contributed by atoms with Crippen LogP contribution in [-0.4, -0.2) is 48.0 Å². The summed E-state index contributed by atoms with van der Waals surface area (Å²) < 4.78 is 42.4. The van der Waals surface area contributed by atoms with Gasteiger partial charge >= 0.3 is 12.6 Å². The van der Waals surface area contributed by atoms with E-state index in [9.17, 15) is 13.6 Å². The molecule has 1 saturated carbocycles. The first-order chi connectivity index (χ1) is 20.8. The number of carbonyl (C=O) groups excluding carboxylic acids is 1. The number of aromatic nitrogens is 2. The second-order valence-corrected chi connectivity index (χ2v) is 13.1. The summed E-state index contributed by atoms with van der Waals surface area (Å²) in [5, 5.41) is 9.99. The van der Waals surface area contributed by atoms with Crippen molar-refractivity contribution in [1.82, 2.24) is 15.5 Å². The van der Waals surface area contributed by atoms with E-state index >= 15 is 0 Å². The summed E-state index contributed by atoms with van der Waals surface area (Å²) in [5.41, 5.74) is 2.84. The molecule has 0 amide bonds. The maximum absolute atomic E-state index is 13.2. The maximum atomic E-state index is 13.2. The number of fused-ring (bicyclic) bond motifs is 3. The van der Waals surface area contributed by atoms with Gasteiger partial charge in [0.05, 0.1) is 27.4 Å². The molecule has 2 aromatic heterocycles. The number of benzene rings is 2. The number of thiazole rings is 1. The minimum Gasteiger partial charge on any atom is -0.465 e. The molecule has 7 rings (SSSR count). The monoisotopic (exact) mass is 648 g/mol. The molecule has 2 atom stereocenters. The first-order valence-electron chi connectivity index (χ1n) is 14.2. The van der Waals surface area contributed by atoms with Crippen LogP contribution in [0.15, 0.2) is 34.9 Å². The smallest absolute Gasteiger partial charge is 0.387 e. The van der Waals surface area contributed by atoms with E-state index in [1.807, 2.05) is 6.07 Å². The van der Waals surface area contributed by atoms with E-state index in [-0.39, 0.29) is 29.4 Å². The third-order valence-electron chi connectivity index (χ3n) is 8.57. The van der Waals surface area contributed by atoms with Crippen LogP contribution in [0, 0.1) is 0 Å². The van der Waals surface area contributed by atoms with Crippen LogP contribution in [-0.2, 0) is 11.3 Å². The van der Waals surface area contributed by atoms with E-state index in [1.165, 1.54) is 24.5 Å². The molecule has 2 bridgehead atoms. The van der Waals surface area contributed by atoms with Crippen LogP contribution >= 0.6 is 34.5 Å². The average molecular weight is 650 g/mol. The highest BCUT2D eigenvalue weighted by molar-refractivity contribution is 7.22. The molecule has 43 heavy (non-hydrogen) atoms. The number of halogens is 4. The highest BCUT2D eigenvalue weighted by atomic mass is 35.5. The van der Waals surface area contributed by atoms with Crippen LogP contribution in [0.4, 0.5) is 13.9 Å². The fourth-order valence-corrected chi connectivity index (χ4v) is 8.24. The lowest BCUT2D eigenvalue weighted by atomic mass is 9.97. The van der Waals surface area contributed by atoms with Gasteiger partial charge in [0.2, 0.25) is 0 Å². The zero-order valence-corrected chi connectivity index (χ0v) is 25.4. The Bertz CT molecular complexity index is 1660. The van der Waals surface area contributed by atoms with Crippen molar-refractivity contribution in [3.05, 3.63) is 57.3 Å². The molecule has 8 nitrogen and oxygen atoms in total. The van der Waals surface area contributed by atoms with Gasteiger partial charge in [0, 0.05) is 41.7 Å². The van der Waals surface area contributed by atoms with Crippen molar-refractivity contribution in [1.29, 1.82) is 0 Å². The van der Waals surface area contributed by atoms with Gasteiger partial charge in [-0.2, -0.15) is 8.78 Å². The molecular formula is C30H28Cl2F2N4O4S. The fraction of sp³-hybridized carbons (Fsp3) is 0.433. The number of anilines is 1. The minimum absolute atomic E-state index is 0.131. The van der Waals surface area contributed by atoms with Crippen LogP contribution in [0.3, 0.4) is 0 Å². The van der Waals surface area contributed by atoms with Crippen molar-refractivity contribution in [3.63, 3.8) is 0 Å². The Morgan fingerprint density at radius 1 is 1.16 bits per heavy atom. The van der Waals surface area contributed by atoms with E-state index in [0.717, 1.165) is 55.0 Å². The Balaban J connectivity index is 1.11. The van der Waals surface area contributed by atoms with Gasteiger partial charge in [-0.05, 0) is 62.8 Å². The number of rotatable bonds is 9. The van der Waals surface area contributed by atoms with E-state index in [1.54, 1.807) is 18.2 Å². The summed E-state index contributed by atoms with van der Waals surface area (Å²) in [5.74, 6) is 0.519. The number of piperidine rings is 1. The molecule has 2 aliphatic heterocycles. The molecule has 3 aliphatic rings. The lowest BCUT2D eigenvalue weighted by molar-refractivity contribution is -0.0489. The van der Waals surface area contributed by atoms with E-state index in [0.29, 0.717) is 44.0 Å². The average Bonchev–Trinajstić information content (AvgIpc) is 3.50. The predicted molar refractivity (Wildman–Crippen MR) is 161 cm³/mol. The lowest BCUT2D eigenvalue weighted by Gasteiger charge is -2.39. The largest absolute Gasteiger partial charge is 0.465 e. The molecule has 1 aliphatic carbocycles. The number of nitrogens with one attached hydrogen (secondary N) is 1. The van der Waals surface area contributed by atoms with E-state index < -0.39 is 12.6 Å². The zero-order valence-electron chi connectivity index (χ0n) is 23.1. The summed E-state index contributed by atoms with van der Waals surface area (Å²) in [4.78, 5) is 19.2. The van der Waals surface area contributed by atoms with Crippen LogP contribution in [0.2, 0.25) is 10.0 Å². The third kappa shape index (κ3) is 5.45. The van der Waals surface area contributed by atoms with Gasteiger partial charge in [-0.1, -0.05) is 45.8 Å². The van der Waals surface area contributed by atoms with Gasteiger partial charge < -0.3 is 24.2 Å². The minimum atomic E-state index is -3.04. The maximum Gasteiger partial charge on any atom is 0.387 e. The van der Waals surface area contributed by atoms with E-state index in [4.69, 9.17) is 42.2 Å². The molecule has 3 fully saturated rings. The molecule has 226 valence electrons. The quantitative estimate of drug-likeness (QED) is 0.184. The summed E-state index contributed by atoms with van der Waals surface area (Å²) >= 11 is 14.5. The standard InChI is InChI=1S/C30H28Cl2F2N4O4S/c1-40-28(39)15-9-22(41-29(33)34)26-23(10-15)43-30(36-26)38-17-7-8-18(38)12-16(11-17)35-13-19-25(37-42-27(19)14-5-6-14)24-20(31)3-2-4-21(24)32/h2-4,9-10,14,16-18,29,35H,5-8,11-13H2,1H3. The highest BCUT2D eigenvalue weighted by Gasteiger charge is 2.42. The second-order valence-electron chi connectivity index (χ2n) is 11.3. The summed E-state index contributed by atoms with van der Waals surface area (Å²) in [7, 11) is 1.25. The molecule has 2 aromatic carbocycles. The SMILES string of the molecule is COC(=O)c1cc(OC(F)F)c2nc(N3C4CCC3CC(NCc3c(-c5c(Cl)cccc5Cl)noc3C3CC3)C4)sc2c1. The molecule has 2 unspecified atom stereocenters. The number of carbonyl (C=O) groups is 1. The number of ether oxygens (including phenoxy) is 2. The van der Waals surface area contributed by atoms with Gasteiger partial charge in [-0.15, -0.1) is 0 Å². The third-order valence-corrected chi connectivity index (χ3v) is 10.2. The fourth-order valence-electron chi connectivity index (χ4n) is 6.50. The molecule has 2 saturated heterocycles. The molecule has 1 N–H and O–H groups in total. The van der Waals surface area contributed by atoms with Crippen molar-refractivity contribution in [2.75, 3.05) is 12.0 Å². The topological polar surface area (TPSA) is 89.7 Å². The molecule has 4 heterocycles. The lowest BCUT2D eigenvalue weighted by Crippen LogP contribution is -2.49. The molecule has 13 heteroatoms. The molecule has 0 spiro atoms. The van der Waals surface area contributed by atoms with Crippen molar-refractivity contribution in [2.24, 2.45) is 0 Å². The Hall–Kier alpha value is -2.99. The van der Waals surface area contributed by atoms with Gasteiger partial charge in [0.15, 0.2) is 10.9 Å². The van der Waals surface area contributed by atoms with Crippen molar-refractivity contribution in [2.45, 2.75) is 75.7 Å². The Morgan fingerprint density at radius 2 is 1.88 bits per heavy atom. The first kappa shape index (κ1) is 28.8. The number of alkyl halides is 2. The Morgan fingerprint density at radius 3 is 2.53 bits per heavy atom. The predicted octanol–water partition coefficient (Wildman–Crippen LogP) is 7.81. The number of nitrogens with zero attached hydrogens (tertiary/aromatic N) is 3. The van der Waals surface area contributed by atoms with Crippen LogP contribution in [0.25, 0.3) is 21.5 Å². The van der Waals surface area contributed by atoms with Gasteiger partial charge in [0.1, 0.15) is 17.0 Å². The normalized spacial score (nSPS) is 21.6. The van der Waals surface area contributed by atoms with Crippen LogP contribution in [0.1, 0.15) is 66.1 Å². The van der Waals surface area contributed by atoms with Gasteiger partial charge in [-0.3, -0.25) is 0 Å². The van der Waals surface area contributed by atoms with Crippen LogP contribution in [0.5, 0.6) is 5.75 Å². The summed E-state index contributed by atoms with van der Waals surface area (Å²) in [6, 6.07) is 9.03. The molecule has 4 aromatic rings. The van der Waals surface area contributed by atoms with Gasteiger partial charge in [0.25, 0.3) is 0 Å². The Labute approximate surface area is 260 Å². The highest BCUT2D eigenvalue weighted by Crippen LogP contribution is 2.47. The second kappa shape index (κ2) is 11.5. The van der Waals surface area contributed by atoms with E-state index in [2.05, 4.69) is 15.4 Å². The Kier molecular flexibility index (Phi) is 7.69. The van der Waals surface area contributed by atoms with Crippen molar-refractivity contribution in [3.8, 4) is 17.0 Å². The van der Waals surface area contributed by atoms with Gasteiger partial charge in [-0.25, -0.2) is 9.78 Å².